The van der Waals surface area contributed by atoms with E-state index < -0.39 is 5.67 Å². The molecule has 0 saturated heterocycles. The molecule has 0 unspecified atom stereocenters. The van der Waals surface area contributed by atoms with Crippen LogP contribution >= 0.6 is 0 Å². The summed E-state index contributed by atoms with van der Waals surface area (Å²) in [5.41, 5.74) is -0.326. The highest BCUT2D eigenvalue weighted by Gasteiger charge is 2.19. The average molecular weight is 209 g/mol. The van der Waals surface area contributed by atoms with E-state index in [9.17, 15) is 9.18 Å². The van der Waals surface area contributed by atoms with Crippen molar-refractivity contribution in [3.05, 3.63) is 35.4 Å². The molecule has 0 aromatic heterocycles. The minimum atomic E-state index is -1.41. The van der Waals surface area contributed by atoms with Crippen molar-refractivity contribution in [2.24, 2.45) is 0 Å². The van der Waals surface area contributed by atoms with Crippen LogP contribution in [-0.2, 0) is 5.67 Å². The van der Waals surface area contributed by atoms with Crippen molar-refractivity contribution < 1.29 is 9.18 Å². The Kier molecular flexibility index (Phi) is 3.58. The topological polar surface area (TPSA) is 29.1 Å². The van der Waals surface area contributed by atoms with E-state index in [2.05, 4.69) is 5.32 Å². The molecule has 0 amide bonds. The van der Waals surface area contributed by atoms with E-state index in [1.165, 1.54) is 13.8 Å². The van der Waals surface area contributed by atoms with Gasteiger partial charge in [-0.15, -0.1) is 0 Å². The van der Waals surface area contributed by atoms with Crippen LogP contribution in [0.2, 0.25) is 0 Å². The van der Waals surface area contributed by atoms with Crippen LogP contribution in [0, 0.1) is 0 Å². The quantitative estimate of drug-likeness (QED) is 0.771. The minimum absolute atomic E-state index is 0.0244. The van der Waals surface area contributed by atoms with Gasteiger partial charge in [-0.3, -0.25) is 4.79 Å². The number of alkyl halides is 1. The van der Waals surface area contributed by atoms with Gasteiger partial charge in [0.05, 0.1) is 6.54 Å². The summed E-state index contributed by atoms with van der Waals surface area (Å²) in [4.78, 5) is 11.5. The number of hydrogen-bond donors (Lipinski definition) is 1. The lowest BCUT2D eigenvalue weighted by Crippen LogP contribution is -2.19. The lowest BCUT2D eigenvalue weighted by atomic mass is 9.97. The smallest absolute Gasteiger partial charge is 0.176 e. The van der Waals surface area contributed by atoms with Gasteiger partial charge in [-0.25, -0.2) is 4.39 Å². The predicted molar refractivity (Wildman–Crippen MR) is 58.8 cm³/mol. The van der Waals surface area contributed by atoms with E-state index in [0.29, 0.717) is 11.1 Å². The molecule has 1 aromatic rings. The van der Waals surface area contributed by atoms with Gasteiger partial charge in [0, 0.05) is 5.56 Å². The lowest BCUT2D eigenvalue weighted by molar-refractivity contribution is 0.0993. The Balaban J connectivity index is 2.98. The normalized spacial score (nSPS) is 11.5. The molecular formula is C12H16FNO. The van der Waals surface area contributed by atoms with Crippen molar-refractivity contribution >= 4 is 5.78 Å². The van der Waals surface area contributed by atoms with Crippen molar-refractivity contribution in [3.8, 4) is 0 Å². The van der Waals surface area contributed by atoms with Crippen LogP contribution in [0.15, 0.2) is 24.3 Å². The van der Waals surface area contributed by atoms with Gasteiger partial charge in [-0.2, -0.15) is 0 Å². The number of benzene rings is 1. The van der Waals surface area contributed by atoms with E-state index in [-0.39, 0.29) is 12.3 Å². The Hall–Kier alpha value is -1.22. The first-order chi connectivity index (χ1) is 6.95. The fourth-order valence-corrected chi connectivity index (χ4v) is 1.33. The van der Waals surface area contributed by atoms with Crippen molar-refractivity contribution in [1.82, 2.24) is 5.32 Å². The van der Waals surface area contributed by atoms with Crippen molar-refractivity contribution in [1.29, 1.82) is 0 Å². The maximum absolute atomic E-state index is 13.6. The molecule has 3 heteroatoms. The van der Waals surface area contributed by atoms with Crippen molar-refractivity contribution in [3.63, 3.8) is 0 Å². The molecule has 0 aliphatic carbocycles. The summed E-state index contributed by atoms with van der Waals surface area (Å²) in [7, 11) is 1.71. The monoisotopic (exact) mass is 209 g/mol. The molecule has 0 heterocycles. The molecule has 0 aliphatic heterocycles. The lowest BCUT2D eigenvalue weighted by Gasteiger charge is -2.15. The Morgan fingerprint density at radius 2 is 2.13 bits per heavy atom. The van der Waals surface area contributed by atoms with Gasteiger partial charge in [0.2, 0.25) is 0 Å². The van der Waals surface area contributed by atoms with E-state index in [4.69, 9.17) is 0 Å². The highest BCUT2D eigenvalue weighted by Crippen LogP contribution is 2.24. The zero-order chi connectivity index (χ0) is 11.5. The molecule has 0 atom stereocenters. The van der Waals surface area contributed by atoms with Gasteiger partial charge in [0.15, 0.2) is 5.78 Å². The minimum Gasteiger partial charge on any atom is -0.313 e. The third-order valence-electron chi connectivity index (χ3n) is 2.21. The molecule has 1 N–H and O–H groups in total. The average Bonchev–Trinajstić information content (AvgIpc) is 2.17. The summed E-state index contributed by atoms with van der Waals surface area (Å²) in [6, 6.07) is 6.71. The summed E-state index contributed by atoms with van der Waals surface area (Å²) < 4.78 is 13.6. The van der Waals surface area contributed by atoms with Gasteiger partial charge in [0.25, 0.3) is 0 Å². The standard InChI is InChI=1S/C12H16FNO/c1-12(2,13)10-6-4-5-9(7-10)11(15)8-14-3/h4-7,14H,8H2,1-3H3. The van der Waals surface area contributed by atoms with Crippen molar-refractivity contribution in [2.75, 3.05) is 13.6 Å². The van der Waals surface area contributed by atoms with E-state index in [1.807, 2.05) is 0 Å². The molecule has 0 saturated carbocycles. The zero-order valence-electron chi connectivity index (χ0n) is 9.30. The molecule has 1 aromatic carbocycles. The SMILES string of the molecule is CNCC(=O)c1cccc(C(C)(C)F)c1. The molecule has 15 heavy (non-hydrogen) atoms. The molecule has 0 spiro atoms. The Labute approximate surface area is 89.5 Å². The number of likely N-dealkylation sites (N-methyl/N-ethyl adjacent to an activating group) is 1. The Morgan fingerprint density at radius 1 is 1.47 bits per heavy atom. The van der Waals surface area contributed by atoms with E-state index >= 15 is 0 Å². The highest BCUT2D eigenvalue weighted by atomic mass is 19.1. The fraction of sp³-hybridized carbons (Fsp3) is 0.417. The summed E-state index contributed by atoms with van der Waals surface area (Å²) >= 11 is 0. The largest absolute Gasteiger partial charge is 0.313 e. The molecule has 82 valence electrons. The van der Waals surface area contributed by atoms with Gasteiger partial charge >= 0.3 is 0 Å². The molecular weight excluding hydrogens is 193 g/mol. The van der Waals surface area contributed by atoms with Crippen LogP contribution in [-0.4, -0.2) is 19.4 Å². The number of carbonyl (C=O) groups excluding carboxylic acids is 1. The van der Waals surface area contributed by atoms with E-state index in [1.54, 1.807) is 31.3 Å². The maximum Gasteiger partial charge on any atom is 0.176 e. The number of nitrogens with one attached hydrogen (secondary N) is 1. The number of rotatable bonds is 4. The van der Waals surface area contributed by atoms with Gasteiger partial charge in [-0.1, -0.05) is 18.2 Å². The van der Waals surface area contributed by atoms with Crippen LogP contribution in [0.3, 0.4) is 0 Å². The van der Waals surface area contributed by atoms with Crippen LogP contribution in [0.5, 0.6) is 0 Å². The van der Waals surface area contributed by atoms with Crippen molar-refractivity contribution in [2.45, 2.75) is 19.5 Å². The molecule has 1 rings (SSSR count). The second-order valence-electron chi connectivity index (χ2n) is 4.01. The summed E-state index contributed by atoms with van der Waals surface area (Å²) in [5.74, 6) is -0.0244. The van der Waals surface area contributed by atoms with Crippen LogP contribution in [0.1, 0.15) is 29.8 Å². The summed E-state index contributed by atoms with van der Waals surface area (Å²) in [5, 5.41) is 2.78. The van der Waals surface area contributed by atoms with E-state index in [0.717, 1.165) is 0 Å². The second-order valence-corrected chi connectivity index (χ2v) is 4.01. The molecule has 0 aliphatic rings. The van der Waals surface area contributed by atoms with Gasteiger partial charge in [0.1, 0.15) is 5.67 Å². The summed E-state index contributed by atoms with van der Waals surface area (Å²) in [6.07, 6.45) is 0. The molecule has 0 fully saturated rings. The second kappa shape index (κ2) is 4.53. The third kappa shape index (κ3) is 3.13. The number of ketones is 1. The number of halogens is 1. The highest BCUT2D eigenvalue weighted by molar-refractivity contribution is 5.97. The summed E-state index contributed by atoms with van der Waals surface area (Å²) in [6.45, 7) is 3.24. The maximum atomic E-state index is 13.6. The molecule has 2 nitrogen and oxygen atoms in total. The molecule has 0 bridgehead atoms. The van der Waals surface area contributed by atoms with Crippen LogP contribution in [0.25, 0.3) is 0 Å². The Morgan fingerprint density at radius 3 is 2.67 bits per heavy atom. The van der Waals surface area contributed by atoms with Crippen LogP contribution in [0.4, 0.5) is 4.39 Å². The van der Waals surface area contributed by atoms with Gasteiger partial charge < -0.3 is 5.32 Å². The first-order valence-corrected chi connectivity index (χ1v) is 4.92. The fourth-order valence-electron chi connectivity index (χ4n) is 1.33. The first kappa shape index (κ1) is 11.9. The third-order valence-corrected chi connectivity index (χ3v) is 2.21. The number of carbonyl (C=O) groups is 1. The predicted octanol–water partition coefficient (Wildman–Crippen LogP) is 2.29. The molecule has 0 radical (unpaired) electrons. The number of Topliss-reactive ketones (excluding diaryl/α,β-unsaturated/α-hetero) is 1. The zero-order valence-corrected chi connectivity index (χ0v) is 9.30. The number of hydrogen-bond acceptors (Lipinski definition) is 2. The Bertz CT molecular complexity index is 355. The first-order valence-electron chi connectivity index (χ1n) is 4.92. The van der Waals surface area contributed by atoms with Gasteiger partial charge in [-0.05, 0) is 32.5 Å². The van der Waals surface area contributed by atoms with Crippen LogP contribution < -0.4 is 5.32 Å².